The van der Waals surface area contributed by atoms with Gasteiger partial charge in [-0.1, -0.05) is 194 Å². The number of esters is 1. The van der Waals surface area contributed by atoms with Crippen molar-refractivity contribution in [2.75, 3.05) is 40.9 Å². The molecule has 0 saturated heterocycles. The van der Waals surface area contributed by atoms with E-state index in [9.17, 15) is 24.2 Å². The zero-order valence-corrected chi connectivity index (χ0v) is 37.0. The molecule has 0 heterocycles. The summed E-state index contributed by atoms with van der Waals surface area (Å²) in [6.45, 7) is 4.01. The highest BCUT2D eigenvalue weighted by Crippen LogP contribution is 2.41. The summed E-state index contributed by atoms with van der Waals surface area (Å²) >= 11 is 0. The Hall–Kier alpha value is -0.830. The van der Waals surface area contributed by atoms with Crippen molar-refractivity contribution in [3.63, 3.8) is 0 Å². The number of ether oxygens (including phenoxy) is 1. The summed E-state index contributed by atoms with van der Waals surface area (Å²) in [6.07, 6.45) is 33.6. The lowest BCUT2D eigenvalue weighted by atomic mass is 10.0. The number of carbonyl (C=O) groups excluding carboxylic acids is 2. The van der Waals surface area contributed by atoms with Crippen molar-refractivity contribution < 1.29 is 42.4 Å². The molecule has 0 saturated carbocycles. The summed E-state index contributed by atoms with van der Waals surface area (Å²) in [6, 6.07) is 0. The number of ketones is 1. The topological polar surface area (TPSA) is 122 Å². The van der Waals surface area contributed by atoms with Crippen LogP contribution in [0.5, 0.6) is 0 Å². The van der Waals surface area contributed by atoms with Gasteiger partial charge in [-0.15, -0.1) is 0 Å². The molecular formula is C44H88NO8P. The largest absolute Gasteiger partial charge is 0.756 e. The van der Waals surface area contributed by atoms with Gasteiger partial charge in [0.2, 0.25) is 0 Å². The smallest absolute Gasteiger partial charge is 0.306 e. The molecule has 0 bridgehead atoms. The van der Waals surface area contributed by atoms with Crippen LogP contribution in [0.3, 0.4) is 0 Å². The zero-order valence-electron chi connectivity index (χ0n) is 36.1. The Morgan fingerprint density at radius 1 is 0.574 bits per heavy atom. The maximum Gasteiger partial charge on any atom is 0.306 e. The molecule has 0 aliphatic carbocycles. The highest BCUT2D eigenvalue weighted by Gasteiger charge is 2.35. The fourth-order valence-electron chi connectivity index (χ4n) is 6.81. The van der Waals surface area contributed by atoms with E-state index in [-0.39, 0.29) is 19.4 Å². The monoisotopic (exact) mass is 790 g/mol. The van der Waals surface area contributed by atoms with Crippen molar-refractivity contribution in [2.24, 2.45) is 0 Å². The summed E-state index contributed by atoms with van der Waals surface area (Å²) in [5.41, 5.74) is 0. The number of unbranched alkanes of at least 4 members (excludes halogenated alkanes) is 28. The van der Waals surface area contributed by atoms with Gasteiger partial charge >= 0.3 is 5.97 Å². The van der Waals surface area contributed by atoms with Gasteiger partial charge in [0.15, 0.2) is 11.9 Å². The van der Waals surface area contributed by atoms with Crippen LogP contribution in [0.25, 0.3) is 0 Å². The van der Waals surface area contributed by atoms with Crippen molar-refractivity contribution in [2.45, 2.75) is 232 Å². The third-order valence-electron chi connectivity index (χ3n) is 10.4. The number of nitrogens with zero attached hydrogens (tertiary/aromatic N) is 1. The minimum absolute atomic E-state index is 0.112. The second kappa shape index (κ2) is 36.5. The fraction of sp³-hybridized carbons (Fsp3) is 0.955. The third-order valence-corrected chi connectivity index (χ3v) is 11.4. The molecule has 2 unspecified atom stereocenters. The molecule has 0 radical (unpaired) electrons. The number of carbonyl (C=O) groups is 2. The molecule has 0 aliphatic heterocycles. The summed E-state index contributed by atoms with van der Waals surface area (Å²) in [7, 11) is 0.844. The van der Waals surface area contributed by atoms with E-state index in [0.29, 0.717) is 23.9 Å². The summed E-state index contributed by atoms with van der Waals surface area (Å²) < 4.78 is 28.9. The summed E-state index contributed by atoms with van der Waals surface area (Å²) in [5, 5.41) is 10.1. The maximum atomic E-state index is 13.4. The van der Waals surface area contributed by atoms with Crippen LogP contribution in [0.4, 0.5) is 0 Å². The number of aliphatic hydroxyl groups excluding tert-OH is 1. The standard InChI is InChI=1S/C44H88NO8P/c1-6-8-10-12-14-16-18-20-22-24-26-28-30-32-34-36-41(47)44(42(40-46)53-54(49,50)51-39-38-45(3,4)5)52-43(48)37-35-33-31-29-27-25-23-21-19-17-15-13-11-9-7-2/h42,44,46H,6-40H2,1-5H3/t42-,44?/m0/s1. The first-order valence-electron chi connectivity index (χ1n) is 22.7. The Morgan fingerprint density at radius 3 is 1.24 bits per heavy atom. The van der Waals surface area contributed by atoms with Crippen molar-refractivity contribution in [1.82, 2.24) is 0 Å². The van der Waals surface area contributed by atoms with Crippen LogP contribution in [0, 0.1) is 0 Å². The lowest BCUT2D eigenvalue weighted by Crippen LogP contribution is -2.43. The van der Waals surface area contributed by atoms with Crippen molar-refractivity contribution in [1.29, 1.82) is 0 Å². The van der Waals surface area contributed by atoms with Crippen LogP contribution < -0.4 is 4.89 Å². The first kappa shape index (κ1) is 53.2. The number of likely N-dealkylation sites (N-methyl/N-ethyl adjacent to an activating group) is 1. The second-order valence-corrected chi connectivity index (χ2v) is 18.3. The van der Waals surface area contributed by atoms with E-state index in [4.69, 9.17) is 13.8 Å². The average Bonchev–Trinajstić information content (AvgIpc) is 3.12. The average molecular weight is 790 g/mol. The van der Waals surface area contributed by atoms with Crippen LogP contribution in [-0.4, -0.2) is 74.5 Å². The Balaban J connectivity index is 4.61. The Bertz CT molecular complexity index is 912. The Labute approximate surface area is 333 Å². The molecule has 1 N–H and O–H groups in total. The SMILES string of the molecule is CCCCCCCCCCCCCCCCCC(=O)OC(C(=O)CCCCCCCCCCCCCCCCC)[C@H](CO)OP(=O)([O-])OCC[N+](C)(C)C. The quantitative estimate of drug-likeness (QED) is 0.0281. The molecule has 322 valence electrons. The third kappa shape index (κ3) is 35.6. The van der Waals surface area contributed by atoms with Gasteiger partial charge in [-0.3, -0.25) is 14.2 Å². The van der Waals surface area contributed by atoms with Crippen LogP contribution in [0.2, 0.25) is 0 Å². The maximum absolute atomic E-state index is 13.4. The van der Waals surface area contributed by atoms with Crippen molar-refractivity contribution in [3.8, 4) is 0 Å². The van der Waals surface area contributed by atoms with Crippen molar-refractivity contribution in [3.05, 3.63) is 0 Å². The lowest BCUT2D eigenvalue weighted by molar-refractivity contribution is -0.870. The number of hydrogen-bond acceptors (Lipinski definition) is 8. The molecular weight excluding hydrogens is 701 g/mol. The molecule has 0 aliphatic rings. The van der Waals surface area contributed by atoms with Crippen LogP contribution in [0.15, 0.2) is 0 Å². The van der Waals surface area contributed by atoms with Crippen LogP contribution in [0.1, 0.15) is 219 Å². The minimum atomic E-state index is -4.87. The van der Waals surface area contributed by atoms with Gasteiger partial charge in [-0.2, -0.15) is 0 Å². The van der Waals surface area contributed by atoms with Crippen molar-refractivity contribution >= 4 is 19.6 Å². The van der Waals surface area contributed by atoms with E-state index >= 15 is 0 Å². The molecule has 54 heavy (non-hydrogen) atoms. The normalized spacial score (nSPS) is 14.2. The molecule has 0 amide bonds. The van der Waals surface area contributed by atoms with E-state index in [2.05, 4.69) is 13.8 Å². The van der Waals surface area contributed by atoms with Gasteiger partial charge in [0, 0.05) is 12.8 Å². The molecule has 0 aromatic rings. The molecule has 0 rings (SSSR count). The van der Waals surface area contributed by atoms with Gasteiger partial charge in [-0.05, 0) is 12.8 Å². The number of phosphoric acid groups is 1. The van der Waals surface area contributed by atoms with E-state index in [1.165, 1.54) is 141 Å². The Kier molecular flexibility index (Phi) is 35.9. The van der Waals surface area contributed by atoms with Crippen LogP contribution >= 0.6 is 7.82 Å². The van der Waals surface area contributed by atoms with Gasteiger partial charge in [0.05, 0.1) is 27.7 Å². The lowest BCUT2D eigenvalue weighted by Gasteiger charge is -2.32. The predicted octanol–water partition coefficient (Wildman–Crippen LogP) is 11.6. The van der Waals surface area contributed by atoms with Gasteiger partial charge in [0.25, 0.3) is 7.82 Å². The minimum Gasteiger partial charge on any atom is -0.756 e. The molecule has 0 aromatic carbocycles. The first-order chi connectivity index (χ1) is 26.0. The summed E-state index contributed by atoms with van der Waals surface area (Å²) in [5.74, 6) is -1.01. The van der Waals surface area contributed by atoms with E-state index in [1.54, 1.807) is 0 Å². The molecule has 9 nitrogen and oxygen atoms in total. The van der Waals surface area contributed by atoms with E-state index < -0.39 is 38.4 Å². The first-order valence-corrected chi connectivity index (χ1v) is 24.2. The molecule has 0 spiro atoms. The van der Waals surface area contributed by atoms with Gasteiger partial charge in [0.1, 0.15) is 19.3 Å². The number of aliphatic hydroxyl groups is 1. The number of Topliss-reactive ketones (excluding diaryl/α,β-unsaturated/α-hetero) is 1. The fourth-order valence-corrected chi connectivity index (χ4v) is 7.69. The summed E-state index contributed by atoms with van der Waals surface area (Å²) in [4.78, 5) is 38.9. The highest BCUT2D eigenvalue weighted by molar-refractivity contribution is 7.45. The predicted molar refractivity (Wildman–Crippen MR) is 222 cm³/mol. The molecule has 0 aromatic heterocycles. The Morgan fingerprint density at radius 2 is 0.907 bits per heavy atom. The number of hydrogen-bond donors (Lipinski definition) is 1. The van der Waals surface area contributed by atoms with Gasteiger partial charge in [-0.25, -0.2) is 0 Å². The van der Waals surface area contributed by atoms with E-state index in [1.807, 2.05) is 21.1 Å². The van der Waals surface area contributed by atoms with Gasteiger partial charge < -0.3 is 28.3 Å². The van der Waals surface area contributed by atoms with Crippen LogP contribution in [-0.2, 0) is 27.9 Å². The second-order valence-electron chi connectivity index (χ2n) is 16.9. The zero-order chi connectivity index (χ0) is 40.2. The number of rotatable bonds is 42. The highest BCUT2D eigenvalue weighted by atomic mass is 31.2. The van der Waals surface area contributed by atoms with E-state index in [0.717, 1.165) is 38.5 Å². The molecule has 3 atom stereocenters. The molecule has 0 fully saturated rings. The number of phosphoric ester groups is 1. The number of quaternary nitrogens is 1. The molecule has 10 heteroatoms.